The first-order chi connectivity index (χ1) is 4.29. The molecule has 1 aromatic heterocycles. The number of aromatic nitrogens is 2. The van der Waals surface area contributed by atoms with E-state index in [4.69, 9.17) is 5.11 Å². The Morgan fingerprint density at radius 2 is 2.67 bits per heavy atom. The molecule has 3 heteroatoms. The van der Waals surface area contributed by atoms with Crippen LogP contribution in [-0.4, -0.2) is 21.2 Å². The Hall–Kier alpha value is -0.830. The van der Waals surface area contributed by atoms with E-state index in [9.17, 15) is 0 Å². The number of aliphatic hydroxyl groups is 1. The number of nitrogens with zero attached hydrogens (tertiary/aromatic N) is 1. The number of H-pyrrole nitrogens is 1. The van der Waals surface area contributed by atoms with Crippen molar-refractivity contribution in [3.63, 3.8) is 0 Å². The Bertz CT molecular complexity index is 158. The third-order valence-corrected chi connectivity index (χ3v) is 1.04. The van der Waals surface area contributed by atoms with Crippen LogP contribution in [0.3, 0.4) is 0 Å². The number of aliphatic hydroxyl groups excluding tert-OH is 1. The van der Waals surface area contributed by atoms with E-state index in [0.717, 1.165) is 5.82 Å². The highest BCUT2D eigenvalue weighted by Crippen LogP contribution is 1.93. The van der Waals surface area contributed by atoms with Crippen molar-refractivity contribution >= 4 is 0 Å². The fraction of sp³-hybridized carbons (Fsp3) is 0.500. The lowest BCUT2D eigenvalue weighted by Crippen LogP contribution is -2.05. The molecule has 0 radical (unpaired) electrons. The molecule has 1 aromatic rings. The molecular formula is C6H10N2O. The van der Waals surface area contributed by atoms with Gasteiger partial charge < -0.3 is 10.1 Å². The number of nitrogens with one attached hydrogen (secondary N) is 1. The first-order valence-corrected chi connectivity index (χ1v) is 2.95. The summed E-state index contributed by atoms with van der Waals surface area (Å²) in [6, 6.07) is 0. The van der Waals surface area contributed by atoms with Crippen molar-refractivity contribution in [1.82, 2.24) is 9.97 Å². The van der Waals surface area contributed by atoms with Gasteiger partial charge in [-0.15, -0.1) is 0 Å². The van der Waals surface area contributed by atoms with Gasteiger partial charge in [0.25, 0.3) is 0 Å². The Kier molecular flexibility index (Phi) is 1.85. The predicted octanol–water partition coefficient (Wildman–Crippen LogP) is 0.333. The normalized spacial score (nSPS) is 13.6. The molecule has 2 N–H and O–H groups in total. The van der Waals surface area contributed by atoms with E-state index in [1.54, 1.807) is 19.3 Å². The second kappa shape index (κ2) is 2.64. The predicted molar refractivity (Wildman–Crippen MR) is 34.0 cm³/mol. The van der Waals surface area contributed by atoms with Crippen LogP contribution in [0, 0.1) is 0 Å². The first-order valence-electron chi connectivity index (χ1n) is 2.95. The van der Waals surface area contributed by atoms with Gasteiger partial charge in [-0.1, -0.05) is 0 Å². The highest BCUT2D eigenvalue weighted by molar-refractivity contribution is 4.87. The molecule has 0 aromatic carbocycles. The van der Waals surface area contributed by atoms with Gasteiger partial charge in [-0.3, -0.25) is 0 Å². The molecule has 9 heavy (non-hydrogen) atoms. The summed E-state index contributed by atoms with van der Waals surface area (Å²) in [6.45, 7) is 1.74. The summed E-state index contributed by atoms with van der Waals surface area (Å²) in [4.78, 5) is 6.84. The minimum absolute atomic E-state index is 0.309. The zero-order valence-corrected chi connectivity index (χ0v) is 5.33. The van der Waals surface area contributed by atoms with Crippen molar-refractivity contribution in [1.29, 1.82) is 0 Å². The standard InChI is InChI=1S/C6H10N2O/c1-5(9)4-6-7-2-3-8-6/h2-3,5,9H,4H2,1H3,(H,7,8). The fourth-order valence-electron chi connectivity index (χ4n) is 0.689. The quantitative estimate of drug-likeness (QED) is 0.600. The maximum atomic E-state index is 8.86. The topological polar surface area (TPSA) is 48.9 Å². The van der Waals surface area contributed by atoms with Crippen molar-refractivity contribution in [2.75, 3.05) is 0 Å². The van der Waals surface area contributed by atoms with Gasteiger partial charge in [0, 0.05) is 18.8 Å². The van der Waals surface area contributed by atoms with E-state index in [1.807, 2.05) is 0 Å². The number of aromatic amines is 1. The summed E-state index contributed by atoms with van der Waals surface area (Å²) >= 11 is 0. The smallest absolute Gasteiger partial charge is 0.108 e. The minimum atomic E-state index is -0.309. The van der Waals surface area contributed by atoms with Crippen LogP contribution >= 0.6 is 0 Å². The first kappa shape index (κ1) is 6.29. The molecular weight excluding hydrogens is 116 g/mol. The number of hydrogen-bond acceptors (Lipinski definition) is 2. The molecule has 0 aliphatic rings. The maximum absolute atomic E-state index is 8.86. The molecule has 0 saturated carbocycles. The molecule has 1 heterocycles. The van der Waals surface area contributed by atoms with Crippen LogP contribution in [0.4, 0.5) is 0 Å². The summed E-state index contributed by atoms with van der Waals surface area (Å²) < 4.78 is 0. The SMILES string of the molecule is CC(O)Cc1ncc[nH]1. The number of rotatable bonds is 2. The molecule has 0 saturated heterocycles. The maximum Gasteiger partial charge on any atom is 0.108 e. The Morgan fingerprint density at radius 1 is 1.89 bits per heavy atom. The van der Waals surface area contributed by atoms with Crippen LogP contribution in [-0.2, 0) is 6.42 Å². The summed E-state index contributed by atoms with van der Waals surface area (Å²) in [5.41, 5.74) is 0. The van der Waals surface area contributed by atoms with Crippen molar-refractivity contribution in [3.8, 4) is 0 Å². The summed E-state index contributed by atoms with van der Waals surface area (Å²) in [6.07, 6.45) is 3.72. The van der Waals surface area contributed by atoms with E-state index in [2.05, 4.69) is 9.97 Å². The molecule has 0 aliphatic heterocycles. The molecule has 50 valence electrons. The van der Waals surface area contributed by atoms with Gasteiger partial charge in [0.05, 0.1) is 6.10 Å². The molecule has 1 atom stereocenters. The largest absolute Gasteiger partial charge is 0.393 e. The van der Waals surface area contributed by atoms with E-state index in [1.165, 1.54) is 0 Å². The van der Waals surface area contributed by atoms with Gasteiger partial charge in [-0.05, 0) is 6.92 Å². The fourth-order valence-corrected chi connectivity index (χ4v) is 0.689. The Balaban J connectivity index is 2.48. The Morgan fingerprint density at radius 3 is 3.11 bits per heavy atom. The minimum Gasteiger partial charge on any atom is -0.393 e. The third kappa shape index (κ3) is 1.85. The van der Waals surface area contributed by atoms with Gasteiger partial charge in [-0.2, -0.15) is 0 Å². The molecule has 0 spiro atoms. The van der Waals surface area contributed by atoms with Gasteiger partial charge in [0.1, 0.15) is 5.82 Å². The van der Waals surface area contributed by atoms with Crippen LogP contribution in [0.2, 0.25) is 0 Å². The van der Waals surface area contributed by atoms with Crippen LogP contribution in [0.1, 0.15) is 12.7 Å². The lowest BCUT2D eigenvalue weighted by Gasteiger charge is -1.97. The molecule has 0 amide bonds. The molecule has 0 bridgehead atoms. The second-order valence-electron chi connectivity index (χ2n) is 2.09. The summed E-state index contributed by atoms with van der Waals surface area (Å²) in [7, 11) is 0. The van der Waals surface area contributed by atoms with Gasteiger partial charge in [0.15, 0.2) is 0 Å². The van der Waals surface area contributed by atoms with Crippen LogP contribution in [0.25, 0.3) is 0 Å². The lowest BCUT2D eigenvalue weighted by molar-refractivity contribution is 0.193. The zero-order chi connectivity index (χ0) is 6.69. The molecule has 1 rings (SSSR count). The average molecular weight is 126 g/mol. The number of hydrogen-bond donors (Lipinski definition) is 2. The third-order valence-electron chi connectivity index (χ3n) is 1.04. The Labute approximate surface area is 53.7 Å². The van der Waals surface area contributed by atoms with Crippen LogP contribution < -0.4 is 0 Å². The highest BCUT2D eigenvalue weighted by Gasteiger charge is 1.98. The highest BCUT2D eigenvalue weighted by atomic mass is 16.3. The van der Waals surface area contributed by atoms with Crippen molar-refractivity contribution < 1.29 is 5.11 Å². The van der Waals surface area contributed by atoms with Gasteiger partial charge in [0.2, 0.25) is 0 Å². The molecule has 3 nitrogen and oxygen atoms in total. The van der Waals surface area contributed by atoms with Crippen molar-refractivity contribution in [3.05, 3.63) is 18.2 Å². The van der Waals surface area contributed by atoms with E-state index >= 15 is 0 Å². The van der Waals surface area contributed by atoms with Crippen LogP contribution in [0.15, 0.2) is 12.4 Å². The molecule has 0 fully saturated rings. The average Bonchev–Trinajstić information content (AvgIpc) is 2.15. The lowest BCUT2D eigenvalue weighted by atomic mass is 10.3. The number of imidazole rings is 1. The monoisotopic (exact) mass is 126 g/mol. The van der Waals surface area contributed by atoms with Gasteiger partial charge in [-0.25, -0.2) is 4.98 Å². The molecule has 1 unspecified atom stereocenters. The van der Waals surface area contributed by atoms with E-state index < -0.39 is 0 Å². The van der Waals surface area contributed by atoms with Crippen molar-refractivity contribution in [2.24, 2.45) is 0 Å². The van der Waals surface area contributed by atoms with Gasteiger partial charge >= 0.3 is 0 Å². The second-order valence-corrected chi connectivity index (χ2v) is 2.09. The zero-order valence-electron chi connectivity index (χ0n) is 5.33. The van der Waals surface area contributed by atoms with E-state index in [-0.39, 0.29) is 6.10 Å². The molecule has 0 aliphatic carbocycles. The summed E-state index contributed by atoms with van der Waals surface area (Å²) in [5.74, 6) is 0.838. The van der Waals surface area contributed by atoms with Crippen LogP contribution in [0.5, 0.6) is 0 Å². The van der Waals surface area contributed by atoms with Crippen molar-refractivity contribution in [2.45, 2.75) is 19.4 Å². The van der Waals surface area contributed by atoms with E-state index in [0.29, 0.717) is 6.42 Å². The summed E-state index contributed by atoms with van der Waals surface area (Å²) in [5, 5.41) is 8.86.